The Morgan fingerprint density at radius 2 is 2.00 bits per heavy atom. The van der Waals surface area contributed by atoms with Crippen molar-refractivity contribution in [3.63, 3.8) is 0 Å². The molecule has 4 rings (SSSR count). The summed E-state index contributed by atoms with van der Waals surface area (Å²) in [5, 5.41) is 0.439. The number of benzene rings is 2. The van der Waals surface area contributed by atoms with E-state index >= 15 is 0 Å². The van der Waals surface area contributed by atoms with E-state index in [-0.39, 0.29) is 5.56 Å². The third-order valence-corrected chi connectivity index (χ3v) is 6.36. The average molecular weight is 480 g/mol. The van der Waals surface area contributed by atoms with Gasteiger partial charge in [0.15, 0.2) is 5.13 Å². The fraction of sp³-hybridized carbons (Fsp3) is 0.391. The average Bonchev–Trinajstić information content (AvgIpc) is 3.22. The van der Waals surface area contributed by atoms with E-state index < -0.39 is 17.6 Å². The minimum atomic E-state index is -4.53. The highest BCUT2D eigenvalue weighted by Gasteiger charge is 2.32. The van der Waals surface area contributed by atoms with Crippen molar-refractivity contribution in [1.82, 2.24) is 9.88 Å². The van der Waals surface area contributed by atoms with Crippen LogP contribution in [0.3, 0.4) is 0 Å². The van der Waals surface area contributed by atoms with Gasteiger partial charge >= 0.3 is 6.18 Å². The van der Waals surface area contributed by atoms with Crippen LogP contribution in [0.25, 0.3) is 10.2 Å². The van der Waals surface area contributed by atoms with Gasteiger partial charge in [0.25, 0.3) is 5.91 Å². The molecule has 0 spiro atoms. The molecule has 0 saturated carbocycles. The second-order valence-electron chi connectivity index (χ2n) is 7.55. The molecule has 1 aromatic heterocycles. The molecule has 0 radical (unpaired) electrons. The summed E-state index contributed by atoms with van der Waals surface area (Å²) in [4.78, 5) is 21.6. The van der Waals surface area contributed by atoms with Gasteiger partial charge in [0.2, 0.25) is 0 Å². The number of hydrogen-bond donors (Lipinski definition) is 0. The van der Waals surface area contributed by atoms with Gasteiger partial charge in [-0.1, -0.05) is 17.4 Å². The number of amides is 1. The van der Waals surface area contributed by atoms with Crippen molar-refractivity contribution in [3.05, 3.63) is 53.6 Å². The van der Waals surface area contributed by atoms with Crippen LogP contribution in [-0.4, -0.2) is 61.8 Å². The number of nitrogens with zero attached hydrogens (tertiary/aromatic N) is 3. The van der Waals surface area contributed by atoms with Crippen LogP contribution in [-0.2, 0) is 10.9 Å². The number of halogens is 3. The topological polar surface area (TPSA) is 54.9 Å². The van der Waals surface area contributed by atoms with Gasteiger partial charge in [-0.25, -0.2) is 4.98 Å². The van der Waals surface area contributed by atoms with Gasteiger partial charge in [0, 0.05) is 31.7 Å². The molecule has 2 heterocycles. The van der Waals surface area contributed by atoms with E-state index in [9.17, 15) is 18.0 Å². The number of carbonyl (C=O) groups excluding carboxylic acids is 1. The van der Waals surface area contributed by atoms with Crippen LogP contribution in [0.5, 0.6) is 5.75 Å². The van der Waals surface area contributed by atoms with Crippen LogP contribution in [0.15, 0.2) is 42.5 Å². The Hall–Kier alpha value is -2.69. The molecule has 1 aliphatic heterocycles. The van der Waals surface area contributed by atoms with Crippen LogP contribution >= 0.6 is 11.3 Å². The van der Waals surface area contributed by atoms with Gasteiger partial charge in [0.05, 0.1) is 35.6 Å². The van der Waals surface area contributed by atoms with Crippen molar-refractivity contribution >= 4 is 32.6 Å². The van der Waals surface area contributed by atoms with Crippen molar-refractivity contribution < 1.29 is 27.4 Å². The summed E-state index contributed by atoms with van der Waals surface area (Å²) in [6, 6.07) is 9.99. The number of fused-ring (bicyclic) bond motifs is 1. The number of hydrogen-bond acceptors (Lipinski definition) is 6. The molecular weight excluding hydrogens is 455 g/mol. The molecule has 1 saturated heterocycles. The molecule has 6 nitrogen and oxygen atoms in total. The van der Waals surface area contributed by atoms with Crippen molar-refractivity contribution in [2.24, 2.45) is 0 Å². The highest BCUT2D eigenvalue weighted by atomic mass is 32.1. The maximum atomic E-state index is 13.4. The predicted molar refractivity (Wildman–Crippen MR) is 121 cm³/mol. The molecule has 1 amide bonds. The smallest absolute Gasteiger partial charge is 0.416 e. The molecule has 176 valence electrons. The lowest BCUT2D eigenvalue weighted by Crippen LogP contribution is -2.43. The first-order valence-corrected chi connectivity index (χ1v) is 11.5. The van der Waals surface area contributed by atoms with Crippen molar-refractivity contribution in [1.29, 1.82) is 0 Å². The lowest BCUT2D eigenvalue weighted by molar-refractivity contribution is -0.137. The minimum absolute atomic E-state index is 0.0268. The third kappa shape index (κ3) is 5.63. The standard InChI is InChI=1S/C23H24F3N3O3S/c1-2-32-18-6-7-19-20(15-18)33-22(27-19)29(9-8-28-10-12-31-13-11-28)21(30)16-4-3-5-17(14-16)23(24,25)26/h3-7,14-15H,2,8-13H2,1H3. The Kier molecular flexibility index (Phi) is 7.16. The SMILES string of the molecule is CCOc1ccc2nc(N(CCN3CCOCC3)C(=O)c3cccc(C(F)(F)F)c3)sc2c1. The van der Waals surface area contributed by atoms with E-state index in [0.29, 0.717) is 49.3 Å². The zero-order valence-corrected chi connectivity index (χ0v) is 18.9. The second kappa shape index (κ2) is 10.1. The summed E-state index contributed by atoms with van der Waals surface area (Å²) in [6.07, 6.45) is -4.53. The van der Waals surface area contributed by atoms with Crippen LogP contribution in [0.2, 0.25) is 0 Å². The highest BCUT2D eigenvalue weighted by Crippen LogP contribution is 2.33. The normalized spacial score (nSPS) is 15.0. The quantitative estimate of drug-likeness (QED) is 0.492. The molecule has 33 heavy (non-hydrogen) atoms. The van der Waals surface area contributed by atoms with Gasteiger partial charge in [-0.05, 0) is 43.3 Å². The van der Waals surface area contributed by atoms with Gasteiger partial charge in [0.1, 0.15) is 5.75 Å². The fourth-order valence-corrected chi connectivity index (χ4v) is 4.62. The first-order valence-electron chi connectivity index (χ1n) is 10.7. The number of carbonyl (C=O) groups is 1. The summed E-state index contributed by atoms with van der Waals surface area (Å²) < 4.78 is 51.4. The first kappa shape index (κ1) is 23.5. The van der Waals surface area contributed by atoms with E-state index in [0.717, 1.165) is 29.9 Å². The number of thiazole rings is 1. The predicted octanol–water partition coefficient (Wildman–Crippen LogP) is 4.69. The van der Waals surface area contributed by atoms with E-state index in [1.807, 2.05) is 25.1 Å². The lowest BCUT2D eigenvalue weighted by atomic mass is 10.1. The Morgan fingerprint density at radius 3 is 2.73 bits per heavy atom. The molecule has 0 N–H and O–H groups in total. The summed E-state index contributed by atoms with van der Waals surface area (Å²) in [7, 11) is 0. The summed E-state index contributed by atoms with van der Waals surface area (Å²) in [6.45, 7) is 5.99. The summed E-state index contributed by atoms with van der Waals surface area (Å²) in [5.41, 5.74) is -0.181. The Morgan fingerprint density at radius 1 is 1.21 bits per heavy atom. The zero-order chi connectivity index (χ0) is 23.4. The third-order valence-electron chi connectivity index (χ3n) is 5.32. The summed E-state index contributed by atoms with van der Waals surface area (Å²) in [5.74, 6) is 0.183. The second-order valence-corrected chi connectivity index (χ2v) is 8.56. The number of alkyl halides is 3. The summed E-state index contributed by atoms with van der Waals surface area (Å²) >= 11 is 1.31. The van der Waals surface area contributed by atoms with Crippen LogP contribution in [0.4, 0.5) is 18.3 Å². The molecule has 1 fully saturated rings. The lowest BCUT2D eigenvalue weighted by Gasteiger charge is -2.29. The highest BCUT2D eigenvalue weighted by molar-refractivity contribution is 7.22. The molecule has 3 aromatic rings. The van der Waals surface area contributed by atoms with Gasteiger partial charge in [-0.2, -0.15) is 13.2 Å². The monoisotopic (exact) mass is 479 g/mol. The fourth-order valence-electron chi connectivity index (χ4n) is 3.60. The Labute approximate surface area is 193 Å². The van der Waals surface area contributed by atoms with Gasteiger partial charge in [-0.15, -0.1) is 0 Å². The van der Waals surface area contributed by atoms with E-state index in [4.69, 9.17) is 9.47 Å². The number of ether oxygens (including phenoxy) is 2. The van der Waals surface area contributed by atoms with Gasteiger partial charge in [-0.3, -0.25) is 14.6 Å². The molecule has 0 aliphatic carbocycles. The largest absolute Gasteiger partial charge is 0.494 e. The van der Waals surface area contributed by atoms with Crippen LogP contribution < -0.4 is 9.64 Å². The maximum Gasteiger partial charge on any atom is 0.416 e. The molecule has 0 unspecified atom stereocenters. The number of anilines is 1. The van der Waals surface area contributed by atoms with Crippen molar-refractivity contribution in [2.45, 2.75) is 13.1 Å². The van der Waals surface area contributed by atoms with Crippen LogP contribution in [0, 0.1) is 0 Å². The molecular formula is C23H24F3N3O3S. The molecule has 0 bridgehead atoms. The van der Waals surface area contributed by atoms with Crippen LogP contribution in [0.1, 0.15) is 22.8 Å². The van der Waals surface area contributed by atoms with Gasteiger partial charge < -0.3 is 9.47 Å². The molecule has 1 aliphatic rings. The molecule has 10 heteroatoms. The number of rotatable bonds is 7. The Balaban J connectivity index is 1.65. The number of morpholine rings is 1. The molecule has 2 aromatic carbocycles. The first-order chi connectivity index (χ1) is 15.8. The zero-order valence-electron chi connectivity index (χ0n) is 18.1. The van der Waals surface area contributed by atoms with Crippen molar-refractivity contribution in [2.75, 3.05) is 50.9 Å². The number of aromatic nitrogens is 1. The minimum Gasteiger partial charge on any atom is -0.494 e. The van der Waals surface area contributed by atoms with Crippen molar-refractivity contribution in [3.8, 4) is 5.75 Å². The molecule has 0 atom stereocenters. The van der Waals surface area contributed by atoms with E-state index in [1.54, 1.807) is 0 Å². The van der Waals surface area contributed by atoms with E-state index in [2.05, 4.69) is 9.88 Å². The maximum absolute atomic E-state index is 13.4. The van der Waals surface area contributed by atoms with E-state index in [1.165, 1.54) is 28.4 Å². The Bertz CT molecular complexity index is 1110.